The lowest BCUT2D eigenvalue weighted by Crippen LogP contribution is -2.36. The first kappa shape index (κ1) is 15.5. The van der Waals surface area contributed by atoms with E-state index in [1.807, 2.05) is 0 Å². The molecule has 0 bridgehead atoms. The van der Waals surface area contributed by atoms with Crippen molar-refractivity contribution < 1.29 is 4.74 Å². The summed E-state index contributed by atoms with van der Waals surface area (Å²) in [7, 11) is 0. The van der Waals surface area contributed by atoms with Gasteiger partial charge in [0.2, 0.25) is 0 Å². The van der Waals surface area contributed by atoms with Gasteiger partial charge >= 0.3 is 0 Å². The Hall–Kier alpha value is -0.860. The molecule has 0 saturated heterocycles. The molecule has 2 nitrogen and oxygen atoms in total. The fourth-order valence-electron chi connectivity index (χ4n) is 2.70. The van der Waals surface area contributed by atoms with Crippen molar-refractivity contribution in [3.05, 3.63) is 35.4 Å². The van der Waals surface area contributed by atoms with Crippen LogP contribution in [0.15, 0.2) is 24.3 Å². The van der Waals surface area contributed by atoms with E-state index in [2.05, 4.69) is 50.4 Å². The van der Waals surface area contributed by atoms with E-state index in [0.29, 0.717) is 12.1 Å². The first-order valence-electron chi connectivity index (χ1n) is 8.22. The number of rotatable bonds is 8. The highest BCUT2D eigenvalue weighted by molar-refractivity contribution is 5.25. The molecule has 0 aliphatic heterocycles. The Balaban J connectivity index is 2.03. The molecule has 2 atom stereocenters. The van der Waals surface area contributed by atoms with Crippen LogP contribution in [0.25, 0.3) is 0 Å². The summed E-state index contributed by atoms with van der Waals surface area (Å²) < 4.78 is 6.19. The van der Waals surface area contributed by atoms with E-state index >= 15 is 0 Å². The van der Waals surface area contributed by atoms with Gasteiger partial charge in [0.05, 0.1) is 18.2 Å². The van der Waals surface area contributed by atoms with Gasteiger partial charge in [0.15, 0.2) is 0 Å². The van der Waals surface area contributed by atoms with Crippen molar-refractivity contribution in [1.82, 2.24) is 5.32 Å². The van der Waals surface area contributed by atoms with Crippen LogP contribution in [0.2, 0.25) is 0 Å². The average molecular weight is 275 g/mol. The van der Waals surface area contributed by atoms with Gasteiger partial charge in [0, 0.05) is 0 Å². The van der Waals surface area contributed by atoms with Crippen LogP contribution >= 0.6 is 0 Å². The Morgan fingerprint density at radius 2 is 1.90 bits per heavy atom. The molecule has 2 heteroatoms. The lowest BCUT2D eigenvalue weighted by atomic mass is 9.94. The number of hydrogen-bond donors (Lipinski definition) is 1. The fraction of sp³-hybridized carbons (Fsp3) is 0.667. The Bertz CT molecular complexity index is 383. The third kappa shape index (κ3) is 4.07. The van der Waals surface area contributed by atoms with Gasteiger partial charge in [0.25, 0.3) is 0 Å². The van der Waals surface area contributed by atoms with Crippen molar-refractivity contribution in [1.29, 1.82) is 0 Å². The molecule has 2 unspecified atom stereocenters. The molecule has 0 heterocycles. The van der Waals surface area contributed by atoms with E-state index in [1.54, 1.807) is 0 Å². The molecule has 1 fully saturated rings. The lowest BCUT2D eigenvalue weighted by Gasteiger charge is -2.33. The van der Waals surface area contributed by atoms with Gasteiger partial charge in [-0.1, -0.05) is 38.1 Å². The van der Waals surface area contributed by atoms with Crippen molar-refractivity contribution in [3.63, 3.8) is 0 Å². The Morgan fingerprint density at radius 1 is 1.20 bits per heavy atom. The summed E-state index contributed by atoms with van der Waals surface area (Å²) in [5.41, 5.74) is 2.75. The Morgan fingerprint density at radius 3 is 2.40 bits per heavy atom. The maximum Gasteiger partial charge on any atom is 0.0745 e. The van der Waals surface area contributed by atoms with Gasteiger partial charge < -0.3 is 10.1 Å². The van der Waals surface area contributed by atoms with Gasteiger partial charge in [-0.15, -0.1) is 0 Å². The summed E-state index contributed by atoms with van der Waals surface area (Å²) in [5, 5.41) is 3.65. The van der Waals surface area contributed by atoms with Crippen molar-refractivity contribution >= 4 is 0 Å². The SMILES string of the molecule is CCCNC(c1ccc(CC)cc1)C(C)OC1CCC1. The second-order valence-electron chi connectivity index (χ2n) is 5.92. The largest absolute Gasteiger partial charge is 0.373 e. The predicted octanol–water partition coefficient (Wildman–Crippen LogP) is 4.25. The van der Waals surface area contributed by atoms with E-state index in [4.69, 9.17) is 4.74 Å². The molecule has 0 radical (unpaired) electrons. The highest BCUT2D eigenvalue weighted by Crippen LogP contribution is 2.28. The van der Waals surface area contributed by atoms with Crippen LogP contribution < -0.4 is 5.32 Å². The van der Waals surface area contributed by atoms with E-state index < -0.39 is 0 Å². The highest BCUT2D eigenvalue weighted by Gasteiger charge is 2.26. The summed E-state index contributed by atoms with van der Waals surface area (Å²) >= 11 is 0. The highest BCUT2D eigenvalue weighted by atomic mass is 16.5. The van der Waals surface area contributed by atoms with Gasteiger partial charge in [-0.2, -0.15) is 0 Å². The Kier molecular flexibility index (Phi) is 6.06. The van der Waals surface area contributed by atoms with Crippen LogP contribution in [0, 0.1) is 0 Å². The molecule has 2 rings (SSSR count). The molecule has 1 N–H and O–H groups in total. The summed E-state index contributed by atoms with van der Waals surface area (Å²) in [6.45, 7) is 7.66. The molecule has 1 aromatic carbocycles. The van der Waals surface area contributed by atoms with Gasteiger partial charge in [-0.05, 0) is 56.7 Å². The van der Waals surface area contributed by atoms with E-state index in [1.165, 1.54) is 30.4 Å². The third-order valence-electron chi connectivity index (χ3n) is 4.29. The molecule has 0 amide bonds. The zero-order valence-electron chi connectivity index (χ0n) is 13.2. The monoisotopic (exact) mass is 275 g/mol. The zero-order valence-corrected chi connectivity index (χ0v) is 13.2. The topological polar surface area (TPSA) is 21.3 Å². The number of aryl methyl sites for hydroxylation is 1. The summed E-state index contributed by atoms with van der Waals surface area (Å²) in [6, 6.07) is 9.30. The predicted molar refractivity (Wildman–Crippen MR) is 85.0 cm³/mol. The summed E-state index contributed by atoms with van der Waals surface area (Å²) in [5.74, 6) is 0. The first-order chi connectivity index (χ1) is 9.74. The molecule has 0 aromatic heterocycles. The van der Waals surface area contributed by atoms with Crippen LogP contribution in [-0.4, -0.2) is 18.8 Å². The second-order valence-corrected chi connectivity index (χ2v) is 5.92. The Labute approximate surface area is 123 Å². The molecule has 112 valence electrons. The second kappa shape index (κ2) is 7.80. The van der Waals surface area contributed by atoms with E-state index in [0.717, 1.165) is 19.4 Å². The molecule has 20 heavy (non-hydrogen) atoms. The molecule has 1 aliphatic carbocycles. The lowest BCUT2D eigenvalue weighted by molar-refractivity contribution is -0.0582. The van der Waals surface area contributed by atoms with Crippen molar-refractivity contribution in [3.8, 4) is 0 Å². The minimum absolute atomic E-state index is 0.235. The first-order valence-corrected chi connectivity index (χ1v) is 8.22. The third-order valence-corrected chi connectivity index (χ3v) is 4.29. The van der Waals surface area contributed by atoms with Crippen molar-refractivity contribution in [2.24, 2.45) is 0 Å². The molecule has 1 aliphatic rings. The number of hydrogen-bond acceptors (Lipinski definition) is 2. The van der Waals surface area contributed by atoms with Crippen LogP contribution in [0.1, 0.15) is 63.6 Å². The smallest absolute Gasteiger partial charge is 0.0745 e. The van der Waals surface area contributed by atoms with E-state index in [-0.39, 0.29) is 6.10 Å². The fourth-order valence-corrected chi connectivity index (χ4v) is 2.70. The van der Waals surface area contributed by atoms with Crippen LogP contribution in [0.3, 0.4) is 0 Å². The molecule has 1 saturated carbocycles. The molecule has 0 spiro atoms. The van der Waals surface area contributed by atoms with Gasteiger partial charge in [0.1, 0.15) is 0 Å². The minimum Gasteiger partial charge on any atom is -0.373 e. The maximum absolute atomic E-state index is 6.19. The average Bonchev–Trinajstić information content (AvgIpc) is 2.44. The van der Waals surface area contributed by atoms with Crippen LogP contribution in [-0.2, 0) is 11.2 Å². The minimum atomic E-state index is 0.235. The molecule has 1 aromatic rings. The number of nitrogens with one attached hydrogen (secondary N) is 1. The summed E-state index contributed by atoms with van der Waals surface area (Å²) in [6.07, 6.45) is 6.78. The summed E-state index contributed by atoms with van der Waals surface area (Å²) in [4.78, 5) is 0. The number of benzene rings is 1. The van der Waals surface area contributed by atoms with Gasteiger partial charge in [-0.25, -0.2) is 0 Å². The van der Waals surface area contributed by atoms with Crippen molar-refractivity contribution in [2.75, 3.05) is 6.54 Å². The normalized spacial score (nSPS) is 18.6. The van der Waals surface area contributed by atoms with Crippen LogP contribution in [0.4, 0.5) is 0 Å². The van der Waals surface area contributed by atoms with Crippen LogP contribution in [0.5, 0.6) is 0 Å². The quantitative estimate of drug-likeness (QED) is 0.766. The molecular weight excluding hydrogens is 246 g/mol. The standard InChI is InChI=1S/C18H29NO/c1-4-13-19-18(14(3)20-17-7-6-8-17)16-11-9-15(5-2)10-12-16/h9-12,14,17-19H,4-8,13H2,1-3H3. The van der Waals surface area contributed by atoms with Crippen molar-refractivity contribution in [2.45, 2.75) is 71.1 Å². The zero-order chi connectivity index (χ0) is 14.4. The molecular formula is C18H29NO. The maximum atomic E-state index is 6.19. The number of ether oxygens (including phenoxy) is 1. The van der Waals surface area contributed by atoms with E-state index in [9.17, 15) is 0 Å². The van der Waals surface area contributed by atoms with Gasteiger partial charge in [-0.3, -0.25) is 0 Å².